The van der Waals surface area contributed by atoms with E-state index in [1.54, 1.807) is 12.3 Å². The molecule has 0 spiro atoms. The summed E-state index contributed by atoms with van der Waals surface area (Å²) in [6.07, 6.45) is 3.96. The van der Waals surface area contributed by atoms with Crippen LogP contribution in [0.5, 0.6) is 0 Å². The topological polar surface area (TPSA) is 75.4 Å². The number of pyridine rings is 1. The van der Waals surface area contributed by atoms with Crippen molar-refractivity contribution in [3.8, 4) is 0 Å². The van der Waals surface area contributed by atoms with Crippen molar-refractivity contribution in [1.29, 1.82) is 0 Å². The van der Waals surface area contributed by atoms with Crippen LogP contribution in [-0.4, -0.2) is 56.7 Å². The smallest absolute Gasteiger partial charge is 0.272 e. The summed E-state index contributed by atoms with van der Waals surface area (Å²) in [5, 5.41) is 8.01. The van der Waals surface area contributed by atoms with Gasteiger partial charge in [-0.25, -0.2) is 4.63 Å². The molecule has 3 aliphatic heterocycles. The van der Waals surface area contributed by atoms with Gasteiger partial charge in [0.05, 0.1) is 0 Å². The van der Waals surface area contributed by atoms with Crippen LogP contribution in [-0.2, 0) is 6.54 Å². The highest BCUT2D eigenvalue weighted by molar-refractivity contribution is 5.92. The zero-order valence-corrected chi connectivity index (χ0v) is 15.0. The summed E-state index contributed by atoms with van der Waals surface area (Å²) in [4.78, 5) is 21.6. The fraction of sp³-hybridized carbons (Fsp3) is 0.400. The molecule has 7 nitrogen and oxygen atoms in total. The third kappa shape index (κ3) is 3.08. The number of nitrogens with zero attached hydrogens (tertiary/aromatic N) is 5. The zero-order valence-electron chi connectivity index (χ0n) is 15.0. The molecule has 1 amide bonds. The molecule has 3 aromatic rings. The highest BCUT2D eigenvalue weighted by Crippen LogP contribution is 2.30. The minimum absolute atomic E-state index is 0.0390. The molecule has 0 N–H and O–H groups in total. The lowest BCUT2D eigenvalue weighted by Gasteiger charge is -2.36. The van der Waals surface area contributed by atoms with Gasteiger partial charge in [0.2, 0.25) is 0 Å². The van der Waals surface area contributed by atoms with Crippen molar-refractivity contribution in [3.05, 3.63) is 53.9 Å². The number of hydrogen-bond donors (Lipinski definition) is 0. The van der Waals surface area contributed by atoms with E-state index in [0.29, 0.717) is 17.7 Å². The van der Waals surface area contributed by atoms with Gasteiger partial charge in [-0.15, -0.1) is 0 Å². The van der Waals surface area contributed by atoms with Gasteiger partial charge >= 0.3 is 0 Å². The Morgan fingerprint density at radius 1 is 1.07 bits per heavy atom. The van der Waals surface area contributed by atoms with Gasteiger partial charge in [-0.3, -0.25) is 14.7 Å². The molecule has 27 heavy (non-hydrogen) atoms. The number of piperidine rings is 1. The fourth-order valence-corrected chi connectivity index (χ4v) is 4.40. The van der Waals surface area contributed by atoms with E-state index in [4.69, 9.17) is 4.63 Å². The fourth-order valence-electron chi connectivity index (χ4n) is 4.40. The predicted molar refractivity (Wildman–Crippen MR) is 98.9 cm³/mol. The van der Waals surface area contributed by atoms with E-state index >= 15 is 0 Å². The second-order valence-electron chi connectivity index (χ2n) is 7.50. The first kappa shape index (κ1) is 16.4. The number of aromatic nitrogens is 3. The number of carbonyl (C=O) groups is 1. The van der Waals surface area contributed by atoms with Gasteiger partial charge in [-0.1, -0.05) is 18.2 Å². The van der Waals surface area contributed by atoms with Crippen molar-refractivity contribution >= 4 is 16.9 Å². The number of carbonyl (C=O) groups excluding carboxylic acids is 1. The van der Waals surface area contributed by atoms with Crippen LogP contribution in [0, 0.1) is 5.92 Å². The van der Waals surface area contributed by atoms with Crippen LogP contribution in [0.3, 0.4) is 0 Å². The number of fused-ring (bicyclic) bond motifs is 5. The quantitative estimate of drug-likeness (QED) is 0.711. The minimum Gasteiger partial charge on any atom is -0.335 e. The van der Waals surface area contributed by atoms with E-state index in [2.05, 4.69) is 26.3 Å². The van der Waals surface area contributed by atoms with Gasteiger partial charge in [0.25, 0.3) is 5.91 Å². The molecule has 3 saturated heterocycles. The Bertz CT molecular complexity index is 957. The van der Waals surface area contributed by atoms with Crippen LogP contribution in [0.1, 0.15) is 28.9 Å². The van der Waals surface area contributed by atoms with E-state index in [1.165, 1.54) is 6.42 Å². The first-order valence-electron chi connectivity index (χ1n) is 9.42. The van der Waals surface area contributed by atoms with E-state index in [-0.39, 0.29) is 5.91 Å². The number of benzene rings is 1. The summed E-state index contributed by atoms with van der Waals surface area (Å²) in [7, 11) is 0. The predicted octanol–water partition coefficient (Wildman–Crippen LogP) is 2.35. The molecule has 7 heteroatoms. The Hall–Kier alpha value is -2.80. The van der Waals surface area contributed by atoms with Crippen molar-refractivity contribution in [2.24, 2.45) is 5.92 Å². The lowest BCUT2D eigenvalue weighted by Crippen LogP contribution is -2.44. The average Bonchev–Trinajstić information content (AvgIpc) is 3.02. The van der Waals surface area contributed by atoms with Crippen LogP contribution < -0.4 is 0 Å². The molecule has 3 aliphatic rings. The van der Waals surface area contributed by atoms with Crippen LogP contribution >= 0.6 is 0 Å². The Morgan fingerprint density at radius 3 is 2.93 bits per heavy atom. The van der Waals surface area contributed by atoms with E-state index < -0.39 is 0 Å². The molecule has 5 heterocycles. The molecule has 0 radical (unpaired) electrons. The molecule has 0 aliphatic carbocycles. The Balaban J connectivity index is 1.37. The Kier molecular flexibility index (Phi) is 4.09. The van der Waals surface area contributed by atoms with Crippen molar-refractivity contribution in [3.63, 3.8) is 0 Å². The molecule has 3 fully saturated rings. The number of hydrogen-bond acceptors (Lipinski definition) is 6. The Morgan fingerprint density at radius 2 is 2.04 bits per heavy atom. The minimum atomic E-state index is 0.0390. The van der Waals surface area contributed by atoms with Gasteiger partial charge in [-0.05, 0) is 52.8 Å². The van der Waals surface area contributed by atoms with Gasteiger partial charge < -0.3 is 4.90 Å². The summed E-state index contributed by atoms with van der Waals surface area (Å²) in [6, 6.07) is 11.8. The third-order valence-corrected chi connectivity index (χ3v) is 5.74. The standard InChI is InChI=1S/C20H21N5O2/c26-20(18-5-1-2-9-21-18)25-11-14-7-8-16(13-25)24(10-14)12-15-4-3-6-17-19(15)23-27-22-17/h1-6,9,14,16H,7-8,10-13H2/t14-,16-/m1/s1. The van der Waals surface area contributed by atoms with E-state index in [0.717, 1.165) is 49.2 Å². The third-order valence-electron chi connectivity index (χ3n) is 5.74. The summed E-state index contributed by atoms with van der Waals surface area (Å²) in [6.45, 7) is 3.35. The summed E-state index contributed by atoms with van der Waals surface area (Å²) in [5.74, 6) is 0.531. The van der Waals surface area contributed by atoms with Gasteiger partial charge in [-0.2, -0.15) is 0 Å². The second-order valence-corrected chi connectivity index (χ2v) is 7.50. The van der Waals surface area contributed by atoms with Crippen molar-refractivity contribution in [2.75, 3.05) is 19.6 Å². The lowest BCUT2D eigenvalue weighted by atomic mass is 9.94. The Labute approximate surface area is 156 Å². The molecule has 0 unspecified atom stereocenters. The van der Waals surface area contributed by atoms with Crippen molar-refractivity contribution in [1.82, 2.24) is 25.1 Å². The van der Waals surface area contributed by atoms with Crippen LogP contribution in [0.15, 0.2) is 47.2 Å². The molecular formula is C20H21N5O2. The SMILES string of the molecule is O=C(c1ccccn1)N1C[C@@H]2CC[C@H](C1)N(Cc1cccc3nonc13)C2. The second kappa shape index (κ2) is 6.74. The lowest BCUT2D eigenvalue weighted by molar-refractivity contribution is 0.0730. The number of rotatable bonds is 3. The maximum absolute atomic E-state index is 12.9. The van der Waals surface area contributed by atoms with Crippen molar-refractivity contribution < 1.29 is 9.42 Å². The first-order chi connectivity index (χ1) is 13.3. The van der Waals surface area contributed by atoms with Crippen LogP contribution in [0.2, 0.25) is 0 Å². The van der Waals surface area contributed by atoms with Gasteiger partial charge in [0, 0.05) is 38.4 Å². The maximum atomic E-state index is 12.9. The molecule has 0 saturated carbocycles. The molecule has 2 atom stereocenters. The van der Waals surface area contributed by atoms with E-state index in [1.807, 2.05) is 29.2 Å². The summed E-state index contributed by atoms with van der Waals surface area (Å²) >= 11 is 0. The first-order valence-corrected chi connectivity index (χ1v) is 9.42. The molecule has 1 aromatic carbocycles. The largest absolute Gasteiger partial charge is 0.335 e. The van der Waals surface area contributed by atoms with Crippen molar-refractivity contribution in [2.45, 2.75) is 25.4 Å². The normalized spacial score (nSPS) is 22.9. The average molecular weight is 363 g/mol. The van der Waals surface area contributed by atoms with Crippen LogP contribution in [0.25, 0.3) is 11.0 Å². The molecule has 138 valence electrons. The summed E-state index contributed by atoms with van der Waals surface area (Å²) in [5.41, 5.74) is 3.28. The molecular weight excluding hydrogens is 342 g/mol. The van der Waals surface area contributed by atoms with E-state index in [9.17, 15) is 4.79 Å². The zero-order chi connectivity index (χ0) is 18.2. The highest BCUT2D eigenvalue weighted by Gasteiger charge is 2.37. The molecule has 2 bridgehead atoms. The summed E-state index contributed by atoms with van der Waals surface area (Å²) < 4.78 is 4.90. The molecule has 6 rings (SSSR count). The van der Waals surface area contributed by atoms with Gasteiger partial charge in [0.15, 0.2) is 0 Å². The number of amides is 1. The monoisotopic (exact) mass is 363 g/mol. The highest BCUT2D eigenvalue weighted by atomic mass is 16.6. The van der Waals surface area contributed by atoms with Gasteiger partial charge in [0.1, 0.15) is 16.7 Å². The van der Waals surface area contributed by atoms with Crippen LogP contribution in [0.4, 0.5) is 0 Å². The maximum Gasteiger partial charge on any atom is 0.272 e. The molecule has 2 aromatic heterocycles.